The molecule has 1 aliphatic rings. The molecule has 0 bridgehead atoms. The minimum absolute atomic E-state index is 0.0556. The first-order valence-electron chi connectivity index (χ1n) is 9.28. The monoisotopic (exact) mass is 411 g/mol. The second kappa shape index (κ2) is 7.97. The Labute approximate surface area is 171 Å². The van der Waals surface area contributed by atoms with Gasteiger partial charge in [-0.15, -0.1) is 0 Å². The van der Waals surface area contributed by atoms with Gasteiger partial charge in [-0.2, -0.15) is 5.10 Å². The van der Waals surface area contributed by atoms with E-state index >= 15 is 0 Å². The average Bonchev–Trinajstić information content (AvgIpc) is 3.13. The van der Waals surface area contributed by atoms with Gasteiger partial charge in [-0.3, -0.25) is 19.4 Å². The van der Waals surface area contributed by atoms with Crippen LogP contribution in [0.1, 0.15) is 29.5 Å². The lowest BCUT2D eigenvalue weighted by atomic mass is 9.98. The number of aryl methyl sites for hydroxylation is 1. The highest BCUT2D eigenvalue weighted by Crippen LogP contribution is 2.29. The maximum Gasteiger partial charge on any atom is 0.276 e. The molecule has 30 heavy (non-hydrogen) atoms. The van der Waals surface area contributed by atoms with Crippen molar-refractivity contribution in [1.82, 2.24) is 24.7 Å². The molecule has 0 saturated carbocycles. The average molecular weight is 411 g/mol. The molecule has 0 fully saturated rings. The summed E-state index contributed by atoms with van der Waals surface area (Å²) in [6, 6.07) is 1.62. The Hall–Kier alpha value is -3.69. The fourth-order valence-electron chi connectivity index (χ4n) is 3.38. The van der Waals surface area contributed by atoms with Crippen molar-refractivity contribution < 1.29 is 13.6 Å². The van der Waals surface area contributed by atoms with E-state index in [4.69, 9.17) is 0 Å². The van der Waals surface area contributed by atoms with Crippen molar-refractivity contribution in [2.45, 2.75) is 13.3 Å². The summed E-state index contributed by atoms with van der Waals surface area (Å²) in [6.07, 6.45) is 7.46. The molecule has 0 radical (unpaired) electrons. The minimum Gasteiger partial charge on any atom is -0.351 e. The first-order valence-corrected chi connectivity index (χ1v) is 9.28. The van der Waals surface area contributed by atoms with Crippen LogP contribution < -0.4 is 10.2 Å². The molecule has 1 N–H and O–H groups in total. The number of amides is 1. The molecule has 3 aromatic rings. The normalized spacial score (nSPS) is 14.2. The van der Waals surface area contributed by atoms with Gasteiger partial charge in [-0.1, -0.05) is 5.57 Å². The fraction of sp³-hybridized carbons (Fsp3) is 0.250. The molecule has 4 rings (SSSR count). The molecular weight excluding hydrogens is 392 g/mol. The predicted molar refractivity (Wildman–Crippen MR) is 107 cm³/mol. The zero-order chi connectivity index (χ0) is 21.3. The summed E-state index contributed by atoms with van der Waals surface area (Å²) in [6.45, 7) is 3.43. The van der Waals surface area contributed by atoms with Gasteiger partial charge in [0.2, 0.25) is 0 Å². The van der Waals surface area contributed by atoms with Crippen molar-refractivity contribution in [2.24, 2.45) is 7.05 Å². The third-order valence-corrected chi connectivity index (χ3v) is 5.01. The number of nitrogens with one attached hydrogen (secondary N) is 1. The van der Waals surface area contributed by atoms with Gasteiger partial charge in [-0.05, 0) is 25.0 Å². The molecule has 0 aliphatic carbocycles. The zero-order valence-electron chi connectivity index (χ0n) is 16.4. The first-order chi connectivity index (χ1) is 14.4. The predicted octanol–water partition coefficient (Wildman–Crippen LogP) is 2.82. The molecule has 0 atom stereocenters. The molecule has 154 valence electrons. The number of nitrogens with zero attached hydrogens (tertiary/aromatic N) is 6. The maximum atomic E-state index is 13.8. The Balaban J connectivity index is 1.59. The van der Waals surface area contributed by atoms with Gasteiger partial charge in [0.25, 0.3) is 5.91 Å². The lowest BCUT2D eigenvalue weighted by molar-refractivity contribution is 0.102. The highest BCUT2D eigenvalue weighted by atomic mass is 19.1. The van der Waals surface area contributed by atoms with Crippen LogP contribution in [0.25, 0.3) is 5.57 Å². The molecule has 3 aromatic heterocycles. The Morgan fingerprint density at radius 1 is 1.13 bits per heavy atom. The summed E-state index contributed by atoms with van der Waals surface area (Å²) in [5, 5.41) is 6.47. The SMILES string of the molecule is CC1=C(c2cc(C(=O)Nc3c(F)cncc3F)nn2C)CN(c2cnccn2)CC1. The molecule has 8 nitrogen and oxygen atoms in total. The molecule has 1 amide bonds. The third kappa shape index (κ3) is 3.76. The number of aromatic nitrogens is 5. The summed E-state index contributed by atoms with van der Waals surface area (Å²) in [5.74, 6) is -1.85. The van der Waals surface area contributed by atoms with Crippen LogP contribution in [0.15, 0.2) is 42.6 Å². The van der Waals surface area contributed by atoms with E-state index in [9.17, 15) is 13.6 Å². The molecule has 0 saturated heterocycles. The van der Waals surface area contributed by atoms with Gasteiger partial charge in [0.1, 0.15) is 11.5 Å². The van der Waals surface area contributed by atoms with Gasteiger partial charge in [0, 0.05) is 32.5 Å². The van der Waals surface area contributed by atoms with Crippen molar-refractivity contribution in [3.8, 4) is 0 Å². The lowest BCUT2D eigenvalue weighted by Gasteiger charge is -2.30. The number of carbonyl (C=O) groups is 1. The van der Waals surface area contributed by atoms with Crippen LogP contribution in [0.3, 0.4) is 0 Å². The molecule has 10 heteroatoms. The van der Waals surface area contributed by atoms with Crippen LogP contribution >= 0.6 is 0 Å². The van der Waals surface area contributed by atoms with E-state index in [1.54, 1.807) is 36.4 Å². The van der Waals surface area contributed by atoms with Gasteiger partial charge >= 0.3 is 0 Å². The quantitative estimate of drug-likeness (QED) is 0.710. The summed E-state index contributed by atoms with van der Waals surface area (Å²) >= 11 is 0. The summed E-state index contributed by atoms with van der Waals surface area (Å²) in [4.78, 5) is 26.5. The number of rotatable bonds is 4. The van der Waals surface area contributed by atoms with Crippen LogP contribution in [0.2, 0.25) is 0 Å². The van der Waals surface area contributed by atoms with Gasteiger partial charge in [-0.25, -0.2) is 13.8 Å². The second-order valence-electron chi connectivity index (χ2n) is 6.96. The molecule has 0 aromatic carbocycles. The summed E-state index contributed by atoms with van der Waals surface area (Å²) in [5.41, 5.74) is 2.45. The Morgan fingerprint density at radius 3 is 2.60 bits per heavy atom. The molecular formula is C20H19F2N7O. The summed E-state index contributed by atoms with van der Waals surface area (Å²) in [7, 11) is 1.72. The molecule has 0 unspecified atom stereocenters. The highest BCUT2D eigenvalue weighted by molar-refractivity contribution is 6.03. The first kappa shape index (κ1) is 19.6. The summed E-state index contributed by atoms with van der Waals surface area (Å²) < 4.78 is 29.2. The van der Waals surface area contributed by atoms with E-state index in [0.717, 1.165) is 42.4 Å². The van der Waals surface area contributed by atoms with Crippen molar-refractivity contribution in [3.05, 3.63) is 65.6 Å². The Bertz CT molecular complexity index is 1110. The third-order valence-electron chi connectivity index (χ3n) is 5.01. The lowest BCUT2D eigenvalue weighted by Crippen LogP contribution is -2.32. The molecule has 4 heterocycles. The van der Waals surface area contributed by atoms with Gasteiger partial charge in [0.15, 0.2) is 17.3 Å². The molecule has 0 spiro atoms. The van der Waals surface area contributed by atoms with Crippen molar-refractivity contribution >= 4 is 23.0 Å². The van der Waals surface area contributed by atoms with E-state index in [2.05, 4.69) is 30.3 Å². The van der Waals surface area contributed by atoms with Crippen LogP contribution in [0.4, 0.5) is 20.3 Å². The fourth-order valence-corrected chi connectivity index (χ4v) is 3.38. The largest absolute Gasteiger partial charge is 0.351 e. The maximum absolute atomic E-state index is 13.8. The highest BCUT2D eigenvalue weighted by Gasteiger charge is 2.24. The zero-order valence-corrected chi connectivity index (χ0v) is 16.4. The van der Waals surface area contributed by atoms with E-state index in [-0.39, 0.29) is 5.69 Å². The number of pyridine rings is 1. The van der Waals surface area contributed by atoms with E-state index in [1.165, 1.54) is 5.57 Å². The van der Waals surface area contributed by atoms with Crippen LogP contribution in [0, 0.1) is 11.6 Å². The van der Waals surface area contributed by atoms with Crippen LogP contribution in [0.5, 0.6) is 0 Å². The number of hydrogen-bond acceptors (Lipinski definition) is 6. The number of hydrogen-bond donors (Lipinski definition) is 1. The minimum atomic E-state index is -0.954. The number of anilines is 2. The van der Waals surface area contributed by atoms with E-state index in [1.807, 2.05) is 6.92 Å². The second-order valence-corrected chi connectivity index (χ2v) is 6.96. The van der Waals surface area contributed by atoms with Crippen LogP contribution in [-0.2, 0) is 7.05 Å². The van der Waals surface area contributed by atoms with Gasteiger partial charge in [0.05, 0.1) is 24.3 Å². The topological polar surface area (TPSA) is 88.8 Å². The Kier molecular flexibility index (Phi) is 5.21. The standard InChI is InChI=1S/C20H19F2N7O/c1-12-3-6-29(18-10-23-4-5-25-18)11-13(12)17-7-16(27-28(17)2)20(30)26-19-14(21)8-24-9-15(19)22/h4-5,7-10H,3,6,11H2,1-2H3,(H,24,26,30). The molecule has 1 aliphatic heterocycles. The Morgan fingerprint density at radius 2 is 1.90 bits per heavy atom. The van der Waals surface area contributed by atoms with Crippen molar-refractivity contribution in [3.63, 3.8) is 0 Å². The smallest absolute Gasteiger partial charge is 0.276 e. The van der Waals surface area contributed by atoms with E-state index < -0.39 is 23.2 Å². The van der Waals surface area contributed by atoms with Crippen LogP contribution in [-0.4, -0.2) is 43.7 Å². The number of carbonyl (C=O) groups excluding carboxylic acids is 1. The van der Waals surface area contributed by atoms with Gasteiger partial charge < -0.3 is 10.2 Å². The van der Waals surface area contributed by atoms with E-state index in [0.29, 0.717) is 6.54 Å². The van der Waals surface area contributed by atoms with Crippen molar-refractivity contribution in [1.29, 1.82) is 0 Å². The van der Waals surface area contributed by atoms with Crippen molar-refractivity contribution in [2.75, 3.05) is 23.3 Å². The number of halogens is 2.